The second-order valence-electron chi connectivity index (χ2n) is 2.44. The number of thiol groups is 1. The number of hydrogen-bond acceptors (Lipinski definition) is 2. The van der Waals surface area contributed by atoms with Crippen molar-refractivity contribution in [3.05, 3.63) is 34.9 Å². The molecule has 1 aromatic carbocycles. The lowest BCUT2D eigenvalue weighted by molar-refractivity contribution is 0.414. The van der Waals surface area contributed by atoms with Gasteiger partial charge in [0.2, 0.25) is 0 Å². The molecule has 0 unspecified atom stereocenters. The van der Waals surface area contributed by atoms with Crippen LogP contribution in [0.3, 0.4) is 0 Å². The third kappa shape index (κ3) is 2.68. The Morgan fingerprint density at radius 1 is 1.54 bits per heavy atom. The van der Waals surface area contributed by atoms with E-state index in [0.717, 1.165) is 11.3 Å². The van der Waals surface area contributed by atoms with E-state index in [9.17, 15) is 0 Å². The third-order valence-electron chi connectivity index (χ3n) is 1.62. The van der Waals surface area contributed by atoms with Crippen LogP contribution in [0.15, 0.2) is 24.3 Å². The maximum Gasteiger partial charge on any atom is 0.127 e. The van der Waals surface area contributed by atoms with Gasteiger partial charge in [-0.25, -0.2) is 0 Å². The predicted molar refractivity (Wildman–Crippen MR) is 60.9 cm³/mol. The van der Waals surface area contributed by atoms with Crippen molar-refractivity contribution in [2.24, 2.45) is 0 Å². The fourth-order valence-corrected chi connectivity index (χ4v) is 1.36. The molecular weight excluding hydrogens is 204 g/mol. The average molecular weight is 215 g/mol. The van der Waals surface area contributed by atoms with E-state index in [1.807, 2.05) is 30.4 Å². The van der Waals surface area contributed by atoms with Crippen LogP contribution in [0, 0.1) is 0 Å². The van der Waals surface area contributed by atoms with Crippen molar-refractivity contribution in [2.45, 2.75) is 0 Å². The van der Waals surface area contributed by atoms with Crippen LogP contribution in [0.2, 0.25) is 5.02 Å². The molecule has 0 aromatic heterocycles. The first kappa shape index (κ1) is 10.5. The molecule has 0 atom stereocenters. The molecule has 0 spiro atoms. The molecule has 1 aromatic rings. The smallest absolute Gasteiger partial charge is 0.127 e. The van der Waals surface area contributed by atoms with Crippen LogP contribution in [0.5, 0.6) is 5.75 Å². The molecule has 1 nitrogen and oxygen atoms in total. The second-order valence-corrected chi connectivity index (χ2v) is 3.21. The second kappa shape index (κ2) is 5.20. The molecule has 1 rings (SSSR count). The average Bonchev–Trinajstić information content (AvgIpc) is 2.15. The van der Waals surface area contributed by atoms with Gasteiger partial charge in [-0.1, -0.05) is 29.8 Å². The van der Waals surface area contributed by atoms with Gasteiger partial charge in [0, 0.05) is 11.3 Å². The van der Waals surface area contributed by atoms with Crippen LogP contribution < -0.4 is 4.74 Å². The highest BCUT2D eigenvalue weighted by atomic mass is 35.5. The van der Waals surface area contributed by atoms with Crippen LogP contribution in [-0.4, -0.2) is 12.9 Å². The molecule has 0 bridgehead atoms. The molecule has 0 fully saturated rings. The molecular formula is C10H11ClOS. The summed E-state index contributed by atoms with van der Waals surface area (Å²) in [5.74, 6) is 1.47. The maximum atomic E-state index is 5.99. The van der Waals surface area contributed by atoms with Crippen molar-refractivity contribution in [3.63, 3.8) is 0 Å². The van der Waals surface area contributed by atoms with Crippen LogP contribution in [-0.2, 0) is 0 Å². The standard InChI is InChI=1S/C10H11ClOS/c1-12-10-6-2-5-9(11)8(10)4-3-7-13/h2-6,13H,7H2,1H3. The first-order chi connectivity index (χ1) is 6.29. The lowest BCUT2D eigenvalue weighted by Crippen LogP contribution is -1.87. The first-order valence-corrected chi connectivity index (χ1v) is 4.90. The van der Waals surface area contributed by atoms with Crippen molar-refractivity contribution in [3.8, 4) is 5.75 Å². The number of halogens is 1. The lowest BCUT2D eigenvalue weighted by atomic mass is 10.2. The van der Waals surface area contributed by atoms with Crippen molar-refractivity contribution < 1.29 is 4.74 Å². The number of benzene rings is 1. The Morgan fingerprint density at radius 2 is 2.31 bits per heavy atom. The molecule has 0 aliphatic heterocycles. The molecule has 0 amide bonds. The van der Waals surface area contributed by atoms with Gasteiger partial charge in [-0.2, -0.15) is 12.6 Å². The Balaban J connectivity index is 3.07. The summed E-state index contributed by atoms with van der Waals surface area (Å²) in [6.45, 7) is 0. The summed E-state index contributed by atoms with van der Waals surface area (Å²) in [4.78, 5) is 0. The highest BCUT2D eigenvalue weighted by molar-refractivity contribution is 7.80. The third-order valence-corrected chi connectivity index (χ3v) is 2.16. The highest BCUT2D eigenvalue weighted by Crippen LogP contribution is 2.27. The van der Waals surface area contributed by atoms with Crippen LogP contribution in [0.1, 0.15) is 5.56 Å². The number of hydrogen-bond donors (Lipinski definition) is 1. The molecule has 0 aliphatic carbocycles. The number of methoxy groups -OCH3 is 1. The zero-order valence-electron chi connectivity index (χ0n) is 7.33. The Bertz CT molecular complexity index is 310. The number of rotatable bonds is 3. The Kier molecular flexibility index (Phi) is 4.19. The van der Waals surface area contributed by atoms with Crippen molar-refractivity contribution >= 4 is 30.3 Å². The van der Waals surface area contributed by atoms with Gasteiger partial charge in [-0.15, -0.1) is 0 Å². The fourth-order valence-electron chi connectivity index (χ4n) is 1.03. The van der Waals surface area contributed by atoms with Crippen LogP contribution in [0.4, 0.5) is 0 Å². The molecule has 0 radical (unpaired) electrons. The van der Waals surface area contributed by atoms with E-state index in [0.29, 0.717) is 10.8 Å². The minimum absolute atomic E-state index is 0.689. The van der Waals surface area contributed by atoms with Gasteiger partial charge >= 0.3 is 0 Å². The summed E-state index contributed by atoms with van der Waals surface area (Å²) < 4.78 is 5.16. The Labute approximate surface area is 88.8 Å². The van der Waals surface area contributed by atoms with Gasteiger partial charge in [-0.05, 0) is 12.1 Å². The van der Waals surface area contributed by atoms with E-state index in [1.54, 1.807) is 7.11 Å². The van der Waals surface area contributed by atoms with E-state index in [2.05, 4.69) is 12.6 Å². The maximum absolute atomic E-state index is 5.99. The summed E-state index contributed by atoms with van der Waals surface area (Å²) in [5, 5.41) is 0.692. The first-order valence-electron chi connectivity index (χ1n) is 3.89. The van der Waals surface area contributed by atoms with Gasteiger partial charge in [-0.3, -0.25) is 0 Å². The van der Waals surface area contributed by atoms with E-state index in [4.69, 9.17) is 16.3 Å². The zero-order valence-corrected chi connectivity index (χ0v) is 8.98. The summed E-state index contributed by atoms with van der Waals surface area (Å²) in [6.07, 6.45) is 3.83. The lowest BCUT2D eigenvalue weighted by Gasteiger charge is -2.05. The highest BCUT2D eigenvalue weighted by Gasteiger charge is 2.02. The molecule has 70 valence electrons. The summed E-state index contributed by atoms with van der Waals surface area (Å²) in [5.41, 5.74) is 0.903. The largest absolute Gasteiger partial charge is 0.496 e. The predicted octanol–water partition coefficient (Wildman–Crippen LogP) is 3.29. The topological polar surface area (TPSA) is 9.23 Å². The summed E-state index contributed by atoms with van der Waals surface area (Å²) in [6, 6.07) is 5.57. The van der Waals surface area contributed by atoms with Crippen molar-refractivity contribution in [1.82, 2.24) is 0 Å². The fraction of sp³-hybridized carbons (Fsp3) is 0.200. The summed E-state index contributed by atoms with van der Waals surface area (Å²) in [7, 11) is 1.63. The Morgan fingerprint density at radius 3 is 2.92 bits per heavy atom. The van der Waals surface area contributed by atoms with Crippen LogP contribution >= 0.6 is 24.2 Å². The molecule has 0 heterocycles. The number of ether oxygens (including phenoxy) is 1. The van der Waals surface area contributed by atoms with Crippen LogP contribution in [0.25, 0.3) is 6.08 Å². The zero-order chi connectivity index (χ0) is 9.68. The summed E-state index contributed by atoms with van der Waals surface area (Å²) >= 11 is 10.1. The van der Waals surface area contributed by atoms with Gasteiger partial charge in [0.15, 0.2) is 0 Å². The Hall–Kier alpha value is -0.600. The van der Waals surface area contributed by atoms with Gasteiger partial charge in [0.25, 0.3) is 0 Å². The quantitative estimate of drug-likeness (QED) is 0.760. The van der Waals surface area contributed by atoms with Gasteiger partial charge in [0.1, 0.15) is 5.75 Å². The van der Waals surface area contributed by atoms with E-state index in [-0.39, 0.29) is 0 Å². The van der Waals surface area contributed by atoms with Gasteiger partial charge in [0.05, 0.1) is 12.1 Å². The monoisotopic (exact) mass is 214 g/mol. The van der Waals surface area contributed by atoms with E-state index in [1.165, 1.54) is 0 Å². The van der Waals surface area contributed by atoms with E-state index >= 15 is 0 Å². The van der Waals surface area contributed by atoms with Gasteiger partial charge < -0.3 is 4.74 Å². The SMILES string of the molecule is COc1cccc(Cl)c1C=CCS. The molecule has 0 saturated carbocycles. The molecule has 3 heteroatoms. The normalized spacial score (nSPS) is 10.7. The molecule has 0 aliphatic rings. The minimum Gasteiger partial charge on any atom is -0.496 e. The molecule has 0 saturated heterocycles. The molecule has 0 N–H and O–H groups in total. The van der Waals surface area contributed by atoms with Crippen molar-refractivity contribution in [2.75, 3.05) is 12.9 Å². The molecule has 13 heavy (non-hydrogen) atoms. The van der Waals surface area contributed by atoms with E-state index < -0.39 is 0 Å². The minimum atomic E-state index is 0.689. The van der Waals surface area contributed by atoms with Crippen molar-refractivity contribution in [1.29, 1.82) is 0 Å².